The van der Waals surface area contributed by atoms with Gasteiger partial charge in [0.15, 0.2) is 0 Å². The summed E-state index contributed by atoms with van der Waals surface area (Å²) in [4.78, 5) is 21.3. The van der Waals surface area contributed by atoms with Crippen molar-refractivity contribution in [3.05, 3.63) is 6.92 Å². The number of amides is 2. The van der Waals surface area contributed by atoms with Crippen LogP contribution < -0.4 is 11.1 Å². The minimum Gasteiger partial charge on any atom is -0.370 e. The maximum absolute atomic E-state index is 11.0. The van der Waals surface area contributed by atoms with Crippen molar-refractivity contribution in [3.8, 4) is 0 Å². The Kier molecular flexibility index (Phi) is 6.96. The van der Waals surface area contributed by atoms with Crippen LogP contribution in [-0.4, -0.2) is 18.4 Å². The summed E-state index contributed by atoms with van der Waals surface area (Å²) in [6.07, 6.45) is 3.04. The van der Waals surface area contributed by atoms with Crippen LogP contribution in [0.25, 0.3) is 0 Å². The molecule has 75 valence electrons. The molecule has 0 spiro atoms. The van der Waals surface area contributed by atoms with Gasteiger partial charge in [-0.15, -0.1) is 0 Å². The standard InChI is InChI=1S/C9H17N2O2/c1-2-3-6-9(13)11-7-4-5-8(10)12/h1-7H2,(H2,10,12)(H,11,13). The number of hydrogen-bond donors (Lipinski definition) is 2. The number of nitrogens with two attached hydrogens (primary N) is 1. The summed E-state index contributed by atoms with van der Waals surface area (Å²) in [6.45, 7) is 4.16. The predicted molar refractivity (Wildman–Crippen MR) is 50.6 cm³/mol. The molecule has 13 heavy (non-hydrogen) atoms. The van der Waals surface area contributed by atoms with Crippen LogP contribution in [0.5, 0.6) is 0 Å². The van der Waals surface area contributed by atoms with Crippen LogP contribution in [0.15, 0.2) is 0 Å². The predicted octanol–water partition coefficient (Wildman–Crippen LogP) is 0.372. The van der Waals surface area contributed by atoms with Crippen molar-refractivity contribution < 1.29 is 9.59 Å². The van der Waals surface area contributed by atoms with Gasteiger partial charge in [0.25, 0.3) is 0 Å². The van der Waals surface area contributed by atoms with Crippen LogP contribution >= 0.6 is 0 Å². The molecular formula is C9H17N2O2. The first-order valence-corrected chi connectivity index (χ1v) is 4.51. The van der Waals surface area contributed by atoms with E-state index in [1.54, 1.807) is 0 Å². The summed E-state index contributed by atoms with van der Waals surface area (Å²) >= 11 is 0. The zero-order valence-corrected chi connectivity index (χ0v) is 7.84. The summed E-state index contributed by atoms with van der Waals surface area (Å²) in [5, 5.41) is 2.70. The van der Waals surface area contributed by atoms with Crippen molar-refractivity contribution in [1.82, 2.24) is 5.32 Å². The third-order valence-corrected chi connectivity index (χ3v) is 1.58. The van der Waals surface area contributed by atoms with Gasteiger partial charge in [-0.05, 0) is 12.8 Å². The minimum atomic E-state index is -0.327. The first-order chi connectivity index (χ1) is 6.16. The first kappa shape index (κ1) is 11.9. The normalized spacial score (nSPS) is 9.62. The van der Waals surface area contributed by atoms with Gasteiger partial charge >= 0.3 is 0 Å². The molecule has 0 unspecified atom stereocenters. The van der Waals surface area contributed by atoms with Gasteiger partial charge < -0.3 is 11.1 Å². The number of carbonyl (C=O) groups is 2. The highest BCUT2D eigenvalue weighted by atomic mass is 16.2. The molecule has 0 aromatic heterocycles. The fourth-order valence-corrected chi connectivity index (χ4v) is 0.864. The van der Waals surface area contributed by atoms with E-state index in [1.807, 2.05) is 0 Å². The van der Waals surface area contributed by atoms with Crippen molar-refractivity contribution >= 4 is 11.8 Å². The molecule has 0 aromatic carbocycles. The summed E-state index contributed by atoms with van der Waals surface area (Å²) in [5.41, 5.74) is 4.93. The van der Waals surface area contributed by atoms with Gasteiger partial charge in [0, 0.05) is 19.4 Å². The van der Waals surface area contributed by atoms with E-state index >= 15 is 0 Å². The molecule has 0 atom stereocenters. The Hall–Kier alpha value is -1.06. The zero-order valence-electron chi connectivity index (χ0n) is 7.84. The number of hydrogen-bond acceptors (Lipinski definition) is 2. The Morgan fingerprint density at radius 1 is 1.23 bits per heavy atom. The lowest BCUT2D eigenvalue weighted by Gasteiger charge is -2.02. The molecule has 1 radical (unpaired) electrons. The summed E-state index contributed by atoms with van der Waals surface area (Å²) in [7, 11) is 0. The largest absolute Gasteiger partial charge is 0.370 e. The Balaban J connectivity index is 3.22. The Labute approximate surface area is 78.9 Å². The number of nitrogens with one attached hydrogen (secondary N) is 1. The van der Waals surface area contributed by atoms with Gasteiger partial charge in [-0.1, -0.05) is 13.3 Å². The smallest absolute Gasteiger partial charge is 0.219 e. The van der Waals surface area contributed by atoms with Gasteiger partial charge in [0.2, 0.25) is 11.8 Å². The minimum absolute atomic E-state index is 0.0214. The zero-order chi connectivity index (χ0) is 10.1. The molecule has 0 heterocycles. The molecule has 2 amide bonds. The molecule has 4 heteroatoms. The highest BCUT2D eigenvalue weighted by Crippen LogP contribution is 1.93. The van der Waals surface area contributed by atoms with E-state index in [2.05, 4.69) is 12.2 Å². The van der Waals surface area contributed by atoms with Gasteiger partial charge in [0.1, 0.15) is 0 Å². The lowest BCUT2D eigenvalue weighted by Crippen LogP contribution is -2.25. The first-order valence-electron chi connectivity index (χ1n) is 4.51. The SMILES string of the molecule is [CH2]CCCC(=O)NCCCC(N)=O. The fraction of sp³-hybridized carbons (Fsp3) is 0.667. The summed E-state index contributed by atoms with van der Waals surface area (Å²) in [6, 6.07) is 0. The molecular weight excluding hydrogens is 168 g/mol. The van der Waals surface area contributed by atoms with Crippen molar-refractivity contribution in [1.29, 1.82) is 0 Å². The number of primary amides is 1. The number of rotatable bonds is 7. The van der Waals surface area contributed by atoms with E-state index < -0.39 is 0 Å². The molecule has 0 fully saturated rings. The Morgan fingerprint density at radius 2 is 1.92 bits per heavy atom. The van der Waals surface area contributed by atoms with E-state index in [9.17, 15) is 9.59 Å². The maximum atomic E-state index is 11.0. The van der Waals surface area contributed by atoms with Crippen LogP contribution in [-0.2, 0) is 9.59 Å². The van der Waals surface area contributed by atoms with Crippen LogP contribution in [0.2, 0.25) is 0 Å². The Morgan fingerprint density at radius 3 is 2.46 bits per heavy atom. The van der Waals surface area contributed by atoms with Crippen LogP contribution in [0.1, 0.15) is 32.1 Å². The van der Waals surface area contributed by atoms with Crippen molar-refractivity contribution in [2.75, 3.05) is 6.54 Å². The molecule has 0 aliphatic heterocycles. The summed E-state index contributed by atoms with van der Waals surface area (Å²) < 4.78 is 0. The quantitative estimate of drug-likeness (QED) is 0.562. The monoisotopic (exact) mass is 185 g/mol. The highest BCUT2D eigenvalue weighted by Gasteiger charge is 1.99. The maximum Gasteiger partial charge on any atom is 0.219 e. The number of unbranched alkanes of at least 4 members (excludes halogenated alkanes) is 1. The van der Waals surface area contributed by atoms with Crippen molar-refractivity contribution in [3.63, 3.8) is 0 Å². The van der Waals surface area contributed by atoms with Crippen molar-refractivity contribution in [2.24, 2.45) is 5.73 Å². The molecule has 0 saturated heterocycles. The van der Waals surface area contributed by atoms with Crippen molar-refractivity contribution in [2.45, 2.75) is 32.1 Å². The second-order valence-electron chi connectivity index (χ2n) is 2.88. The molecule has 0 bridgehead atoms. The average Bonchev–Trinajstić information content (AvgIpc) is 2.08. The van der Waals surface area contributed by atoms with Gasteiger partial charge in [-0.3, -0.25) is 9.59 Å². The average molecular weight is 185 g/mol. The number of carbonyl (C=O) groups excluding carboxylic acids is 2. The molecule has 0 aliphatic rings. The van der Waals surface area contributed by atoms with Gasteiger partial charge in [0.05, 0.1) is 0 Å². The third kappa shape index (κ3) is 8.85. The van der Waals surface area contributed by atoms with Gasteiger partial charge in [-0.25, -0.2) is 0 Å². The summed E-state index contributed by atoms with van der Waals surface area (Å²) in [5.74, 6) is -0.305. The van der Waals surface area contributed by atoms with E-state index in [0.29, 0.717) is 25.8 Å². The third-order valence-electron chi connectivity index (χ3n) is 1.58. The lowest BCUT2D eigenvalue weighted by molar-refractivity contribution is -0.122. The van der Waals surface area contributed by atoms with E-state index in [0.717, 1.165) is 12.8 Å². The van der Waals surface area contributed by atoms with Crippen LogP contribution in [0, 0.1) is 6.92 Å². The second-order valence-corrected chi connectivity index (χ2v) is 2.88. The highest BCUT2D eigenvalue weighted by molar-refractivity contribution is 5.76. The molecule has 0 rings (SSSR count). The lowest BCUT2D eigenvalue weighted by atomic mass is 10.2. The molecule has 0 aromatic rings. The second kappa shape index (κ2) is 7.58. The molecule has 0 saturated carbocycles. The van der Waals surface area contributed by atoms with Gasteiger partial charge in [-0.2, -0.15) is 0 Å². The molecule has 0 aliphatic carbocycles. The van der Waals surface area contributed by atoms with E-state index in [-0.39, 0.29) is 11.8 Å². The van der Waals surface area contributed by atoms with Crippen LogP contribution in [0.4, 0.5) is 0 Å². The Bertz CT molecular complexity index is 169. The fourth-order valence-electron chi connectivity index (χ4n) is 0.864. The topological polar surface area (TPSA) is 72.2 Å². The van der Waals surface area contributed by atoms with E-state index in [1.165, 1.54) is 0 Å². The molecule has 4 nitrogen and oxygen atoms in total. The van der Waals surface area contributed by atoms with Crippen LogP contribution in [0.3, 0.4) is 0 Å². The molecule has 3 N–H and O–H groups in total. The van der Waals surface area contributed by atoms with E-state index in [4.69, 9.17) is 5.73 Å².